The summed E-state index contributed by atoms with van der Waals surface area (Å²) in [4.78, 5) is 24.9. The first-order valence-corrected chi connectivity index (χ1v) is 14.2. The lowest BCUT2D eigenvalue weighted by Crippen LogP contribution is -2.36. The molecular formula is C30H26N5O3P. The number of benzene rings is 2. The maximum atomic E-state index is 13.0. The largest absolute Gasteiger partial charge is 0.591 e. The Balaban J connectivity index is 1.60. The molecule has 1 fully saturated rings. The van der Waals surface area contributed by atoms with Crippen LogP contribution in [0.4, 0.5) is 5.82 Å². The quantitative estimate of drug-likeness (QED) is 0.333. The highest BCUT2D eigenvalue weighted by molar-refractivity contribution is 7.46. The van der Waals surface area contributed by atoms with Gasteiger partial charge in [0.05, 0.1) is 18.9 Å². The van der Waals surface area contributed by atoms with Crippen LogP contribution in [-0.4, -0.2) is 46.5 Å². The second-order valence-corrected chi connectivity index (χ2v) is 11.0. The number of aromatic nitrogens is 4. The Kier molecular flexibility index (Phi) is 5.77. The normalized spacial score (nSPS) is 14.9. The zero-order valence-corrected chi connectivity index (χ0v) is 22.6. The van der Waals surface area contributed by atoms with E-state index in [-0.39, 0.29) is 0 Å². The smallest absolute Gasteiger partial charge is 0.349 e. The standard InChI is InChI=1S/C30H26N5O3P/c1-17-18(2)30(39(36)37)27(23-15-19-5-3-4-6-20(19)26(17)23)22-16-25(35-11-13-38-14-12-35)33-28-21(22)7-9-31-29(28)24-8-10-32-34-24/h3-10,16H,11-15H2,1-2H3,(H,32,34). The first-order chi connectivity index (χ1) is 19.0. The van der Waals surface area contributed by atoms with Gasteiger partial charge in [0.25, 0.3) is 0 Å². The lowest BCUT2D eigenvalue weighted by molar-refractivity contribution is -0.160. The maximum absolute atomic E-state index is 13.0. The van der Waals surface area contributed by atoms with Crippen LogP contribution in [0.25, 0.3) is 44.5 Å². The van der Waals surface area contributed by atoms with Crippen LogP contribution in [0.2, 0.25) is 0 Å². The Hall–Kier alpha value is -3.97. The Morgan fingerprint density at radius 2 is 1.82 bits per heavy atom. The highest BCUT2D eigenvalue weighted by Gasteiger charge is 2.34. The monoisotopic (exact) mass is 535 g/mol. The summed E-state index contributed by atoms with van der Waals surface area (Å²) in [7, 11) is -2.87. The predicted octanol–water partition coefficient (Wildman–Crippen LogP) is 4.44. The molecule has 2 aliphatic rings. The number of morpholine rings is 1. The fraction of sp³-hybridized carbons (Fsp3) is 0.233. The summed E-state index contributed by atoms with van der Waals surface area (Å²) in [6.07, 6.45) is 4.12. The summed E-state index contributed by atoms with van der Waals surface area (Å²) in [6, 6.07) is 14.2. The van der Waals surface area contributed by atoms with Gasteiger partial charge in [-0.3, -0.25) is 10.1 Å². The van der Waals surface area contributed by atoms with Gasteiger partial charge in [0.2, 0.25) is 0 Å². The number of nitrogens with zero attached hydrogens (tertiary/aromatic N) is 4. The molecule has 2 aromatic carbocycles. The molecular weight excluding hydrogens is 509 g/mol. The molecule has 4 heterocycles. The van der Waals surface area contributed by atoms with Crippen LogP contribution in [0, 0.1) is 13.8 Å². The number of ether oxygens (including phenoxy) is 1. The van der Waals surface area contributed by atoms with Crippen molar-refractivity contribution in [2.45, 2.75) is 20.3 Å². The molecule has 194 valence electrons. The van der Waals surface area contributed by atoms with Crippen molar-refractivity contribution in [1.29, 1.82) is 0 Å². The van der Waals surface area contributed by atoms with Gasteiger partial charge in [-0.15, -0.1) is 0 Å². The molecule has 39 heavy (non-hydrogen) atoms. The van der Waals surface area contributed by atoms with E-state index in [0.29, 0.717) is 49.2 Å². The van der Waals surface area contributed by atoms with Crippen molar-refractivity contribution >= 4 is 30.1 Å². The third-order valence-corrected chi connectivity index (χ3v) is 8.97. The molecule has 9 heteroatoms. The Morgan fingerprint density at radius 3 is 2.59 bits per heavy atom. The molecule has 0 amide bonds. The van der Waals surface area contributed by atoms with Gasteiger partial charge < -0.3 is 14.5 Å². The van der Waals surface area contributed by atoms with Crippen molar-refractivity contribution in [2.75, 3.05) is 31.2 Å². The van der Waals surface area contributed by atoms with Crippen LogP contribution in [0.3, 0.4) is 0 Å². The minimum atomic E-state index is -2.87. The van der Waals surface area contributed by atoms with Crippen LogP contribution in [0.15, 0.2) is 54.9 Å². The van der Waals surface area contributed by atoms with Gasteiger partial charge in [0.1, 0.15) is 17.0 Å². The molecule has 0 bridgehead atoms. The number of nitrogens with one attached hydrogen (secondary N) is 1. The second-order valence-electron chi connectivity index (χ2n) is 10.1. The molecule has 1 atom stereocenters. The van der Waals surface area contributed by atoms with Crippen molar-refractivity contribution in [2.24, 2.45) is 0 Å². The molecule has 8 nitrogen and oxygen atoms in total. The number of hydrogen-bond donors (Lipinski definition) is 1. The molecule has 5 aromatic rings. The van der Waals surface area contributed by atoms with Gasteiger partial charge in [0, 0.05) is 42.0 Å². The zero-order valence-electron chi connectivity index (χ0n) is 21.7. The van der Waals surface area contributed by atoms with Crippen molar-refractivity contribution < 1.29 is 14.2 Å². The molecule has 0 radical (unpaired) electrons. The average Bonchev–Trinajstić information content (AvgIpc) is 3.63. The SMILES string of the molecule is Cc1c(C)c([P+](=O)[O-])c(-c2cc(N3CCOCC3)nc3c(-c4ccn[nH]4)nccc23)c2c1-c1ccccc1C2. The molecule has 1 unspecified atom stereocenters. The molecule has 1 aliphatic carbocycles. The number of anilines is 1. The molecule has 1 saturated heterocycles. The van der Waals surface area contributed by atoms with E-state index in [1.165, 1.54) is 11.1 Å². The highest BCUT2D eigenvalue weighted by Crippen LogP contribution is 2.47. The fourth-order valence-corrected chi connectivity index (χ4v) is 6.98. The molecule has 3 aromatic heterocycles. The van der Waals surface area contributed by atoms with E-state index in [1.54, 1.807) is 12.4 Å². The third kappa shape index (κ3) is 3.79. The molecule has 0 spiro atoms. The van der Waals surface area contributed by atoms with Crippen LogP contribution in [-0.2, 0) is 15.7 Å². The van der Waals surface area contributed by atoms with Crippen molar-refractivity contribution in [3.8, 4) is 33.6 Å². The lowest BCUT2D eigenvalue weighted by Gasteiger charge is -2.29. The summed E-state index contributed by atoms with van der Waals surface area (Å²) in [5.41, 5.74) is 10.1. The van der Waals surface area contributed by atoms with Crippen molar-refractivity contribution in [3.05, 3.63) is 77.1 Å². The highest BCUT2D eigenvalue weighted by atomic mass is 31.1. The minimum Gasteiger partial charge on any atom is -0.591 e. The van der Waals surface area contributed by atoms with E-state index in [2.05, 4.69) is 38.3 Å². The summed E-state index contributed by atoms with van der Waals surface area (Å²) in [5.74, 6) is 0.782. The van der Waals surface area contributed by atoms with Crippen LogP contribution in [0.5, 0.6) is 0 Å². The molecule has 1 aliphatic heterocycles. The van der Waals surface area contributed by atoms with E-state index >= 15 is 0 Å². The van der Waals surface area contributed by atoms with Gasteiger partial charge in [-0.05, 0) is 71.8 Å². The van der Waals surface area contributed by atoms with Gasteiger partial charge in [-0.25, -0.2) is 4.98 Å². The van der Waals surface area contributed by atoms with E-state index in [1.807, 2.05) is 38.1 Å². The summed E-state index contributed by atoms with van der Waals surface area (Å²) < 4.78 is 18.6. The number of pyridine rings is 2. The van der Waals surface area contributed by atoms with Gasteiger partial charge in [-0.2, -0.15) is 5.10 Å². The molecule has 1 N–H and O–H groups in total. The predicted molar refractivity (Wildman–Crippen MR) is 151 cm³/mol. The maximum Gasteiger partial charge on any atom is 0.349 e. The van der Waals surface area contributed by atoms with Crippen LogP contribution < -0.4 is 15.1 Å². The number of hydrogen-bond acceptors (Lipinski definition) is 7. The number of rotatable bonds is 4. The Labute approximate surface area is 226 Å². The van der Waals surface area contributed by atoms with Crippen LogP contribution in [0.1, 0.15) is 22.3 Å². The van der Waals surface area contributed by atoms with Gasteiger partial charge >= 0.3 is 8.03 Å². The zero-order chi connectivity index (χ0) is 26.7. The van der Waals surface area contributed by atoms with Gasteiger partial charge in [0.15, 0.2) is 5.30 Å². The topological polar surface area (TPSA) is 107 Å². The van der Waals surface area contributed by atoms with E-state index in [4.69, 9.17) is 9.72 Å². The number of fused-ring (bicyclic) bond motifs is 4. The van der Waals surface area contributed by atoms with Crippen molar-refractivity contribution in [1.82, 2.24) is 20.2 Å². The fourth-order valence-electron chi connectivity index (χ4n) is 6.10. The van der Waals surface area contributed by atoms with Crippen molar-refractivity contribution in [3.63, 3.8) is 0 Å². The summed E-state index contributed by atoms with van der Waals surface area (Å²) in [6.45, 7) is 6.59. The summed E-state index contributed by atoms with van der Waals surface area (Å²) >= 11 is 0. The van der Waals surface area contributed by atoms with E-state index < -0.39 is 8.03 Å². The van der Waals surface area contributed by atoms with E-state index in [9.17, 15) is 9.46 Å². The number of H-pyrrole nitrogens is 1. The lowest BCUT2D eigenvalue weighted by atomic mass is 9.88. The Bertz CT molecular complexity index is 1780. The Morgan fingerprint density at radius 1 is 1.00 bits per heavy atom. The number of aromatic amines is 1. The average molecular weight is 536 g/mol. The molecule has 7 rings (SSSR count). The van der Waals surface area contributed by atoms with E-state index in [0.717, 1.165) is 50.3 Å². The first-order valence-electron chi connectivity index (χ1n) is 13.0. The summed E-state index contributed by atoms with van der Waals surface area (Å²) in [5, 5.41) is 8.38. The molecule has 0 saturated carbocycles. The van der Waals surface area contributed by atoms with Gasteiger partial charge in [-0.1, -0.05) is 28.8 Å². The first kappa shape index (κ1) is 24.1. The second kappa shape index (κ2) is 9.35. The van der Waals surface area contributed by atoms with Crippen LogP contribution >= 0.6 is 8.03 Å². The third-order valence-electron chi connectivity index (χ3n) is 8.04. The minimum absolute atomic E-state index is 0.384.